The van der Waals surface area contributed by atoms with Crippen LogP contribution < -0.4 is 5.32 Å². The number of rotatable bonds is 4. The van der Waals surface area contributed by atoms with E-state index in [0.717, 1.165) is 11.1 Å². The molecule has 0 aliphatic heterocycles. The first-order valence-electron chi connectivity index (χ1n) is 8.25. The molecule has 24 heavy (non-hydrogen) atoms. The molecule has 1 aromatic rings. The van der Waals surface area contributed by atoms with Crippen molar-refractivity contribution in [2.45, 2.75) is 60.5 Å². The van der Waals surface area contributed by atoms with Crippen molar-refractivity contribution < 1.29 is 14.3 Å². The number of pyridine rings is 1. The van der Waals surface area contributed by atoms with Crippen LogP contribution in [0.3, 0.4) is 0 Å². The van der Waals surface area contributed by atoms with Gasteiger partial charge in [-0.15, -0.1) is 0 Å². The third-order valence-corrected chi connectivity index (χ3v) is 3.02. The molecule has 1 rings (SSSR count). The highest BCUT2D eigenvalue weighted by molar-refractivity contribution is 5.90. The number of aromatic nitrogens is 1. The van der Waals surface area contributed by atoms with Crippen LogP contribution in [0.25, 0.3) is 0 Å². The average Bonchev–Trinajstić information content (AvgIpc) is 2.49. The average molecular weight is 337 g/mol. The lowest BCUT2D eigenvalue weighted by atomic mass is 10.2. The fourth-order valence-corrected chi connectivity index (χ4v) is 1.60. The molecule has 0 saturated heterocycles. The number of amides is 2. The van der Waals surface area contributed by atoms with E-state index in [0.29, 0.717) is 5.82 Å². The fourth-order valence-electron chi connectivity index (χ4n) is 1.60. The van der Waals surface area contributed by atoms with Crippen molar-refractivity contribution in [3.8, 4) is 0 Å². The zero-order valence-electron chi connectivity index (χ0n) is 16.2. The third-order valence-electron chi connectivity index (χ3n) is 3.02. The van der Waals surface area contributed by atoms with Gasteiger partial charge in [0.25, 0.3) is 0 Å². The molecule has 1 heterocycles. The van der Waals surface area contributed by atoms with Crippen LogP contribution in [-0.4, -0.2) is 41.1 Å². The second-order valence-electron chi connectivity index (χ2n) is 6.35. The predicted molar refractivity (Wildman–Crippen MR) is 97.2 cm³/mol. The molecule has 0 unspecified atom stereocenters. The number of ether oxygens (including phenoxy) is 1. The first kappa shape index (κ1) is 21.9. The van der Waals surface area contributed by atoms with Gasteiger partial charge in [-0.25, -0.2) is 9.78 Å². The third kappa shape index (κ3) is 8.50. The molecule has 0 radical (unpaired) electrons. The molecule has 136 valence electrons. The molecule has 0 spiro atoms. The lowest BCUT2D eigenvalue weighted by Crippen LogP contribution is -2.35. The number of carbonyl (C=O) groups excluding carboxylic acids is 2. The SMILES string of the molecule is CC.Cc1cnc(NC(=O)CCN(C)C(=O)OC(C)(C)C)cc1C. The molecule has 6 nitrogen and oxygen atoms in total. The number of nitrogens with zero attached hydrogens (tertiary/aromatic N) is 2. The van der Waals surface area contributed by atoms with Crippen molar-refractivity contribution in [2.75, 3.05) is 18.9 Å². The van der Waals surface area contributed by atoms with Crippen molar-refractivity contribution in [3.63, 3.8) is 0 Å². The first-order chi connectivity index (χ1) is 11.1. The van der Waals surface area contributed by atoms with Crippen LogP contribution in [0, 0.1) is 13.8 Å². The van der Waals surface area contributed by atoms with Crippen LogP contribution in [-0.2, 0) is 9.53 Å². The van der Waals surface area contributed by atoms with Gasteiger partial charge in [0.15, 0.2) is 0 Å². The van der Waals surface area contributed by atoms with Gasteiger partial charge in [0.1, 0.15) is 11.4 Å². The zero-order valence-corrected chi connectivity index (χ0v) is 16.2. The highest BCUT2D eigenvalue weighted by Gasteiger charge is 2.19. The largest absolute Gasteiger partial charge is 0.444 e. The van der Waals surface area contributed by atoms with E-state index in [1.807, 2.05) is 33.8 Å². The van der Waals surface area contributed by atoms with E-state index in [9.17, 15) is 9.59 Å². The van der Waals surface area contributed by atoms with Gasteiger partial charge in [0, 0.05) is 26.2 Å². The van der Waals surface area contributed by atoms with Crippen molar-refractivity contribution in [1.82, 2.24) is 9.88 Å². The molecule has 0 aliphatic rings. The summed E-state index contributed by atoms with van der Waals surface area (Å²) in [6.07, 6.45) is 1.46. The van der Waals surface area contributed by atoms with Gasteiger partial charge >= 0.3 is 6.09 Å². The highest BCUT2D eigenvalue weighted by atomic mass is 16.6. The number of nitrogens with one attached hydrogen (secondary N) is 1. The molecular formula is C18H31N3O3. The maximum Gasteiger partial charge on any atom is 0.410 e. The van der Waals surface area contributed by atoms with Crippen LogP contribution in [0.2, 0.25) is 0 Å². The summed E-state index contributed by atoms with van der Waals surface area (Å²) in [4.78, 5) is 29.2. The fraction of sp³-hybridized carbons (Fsp3) is 0.611. The minimum atomic E-state index is -0.545. The van der Waals surface area contributed by atoms with Gasteiger partial charge in [-0.2, -0.15) is 0 Å². The van der Waals surface area contributed by atoms with E-state index in [2.05, 4.69) is 10.3 Å². The predicted octanol–water partition coefficient (Wildman–Crippen LogP) is 3.92. The lowest BCUT2D eigenvalue weighted by molar-refractivity contribution is -0.116. The van der Waals surface area contributed by atoms with Crippen molar-refractivity contribution in [1.29, 1.82) is 0 Å². The Morgan fingerprint density at radius 3 is 2.29 bits per heavy atom. The standard InChI is InChI=1S/C16H25N3O3.C2H6/c1-11-9-13(17-10-12(11)2)18-14(20)7-8-19(6)15(21)22-16(3,4)5;1-2/h9-10H,7-8H2,1-6H3,(H,17,18,20);1-2H3. The summed E-state index contributed by atoms with van der Waals surface area (Å²) in [7, 11) is 1.61. The molecule has 6 heteroatoms. The number of aryl methyl sites for hydroxylation is 2. The van der Waals surface area contributed by atoms with Crippen molar-refractivity contribution >= 4 is 17.8 Å². The molecule has 1 aromatic heterocycles. The Balaban J connectivity index is 0.00000254. The highest BCUT2D eigenvalue weighted by Crippen LogP contribution is 2.11. The summed E-state index contributed by atoms with van der Waals surface area (Å²) >= 11 is 0. The van der Waals surface area contributed by atoms with E-state index in [-0.39, 0.29) is 18.9 Å². The number of hydrogen-bond donors (Lipinski definition) is 1. The van der Waals surface area contributed by atoms with Crippen LogP contribution in [0.15, 0.2) is 12.3 Å². The molecule has 0 saturated carbocycles. The van der Waals surface area contributed by atoms with E-state index in [4.69, 9.17) is 4.74 Å². The smallest absolute Gasteiger partial charge is 0.410 e. The van der Waals surface area contributed by atoms with Crippen LogP contribution in [0.4, 0.5) is 10.6 Å². The number of anilines is 1. The summed E-state index contributed by atoms with van der Waals surface area (Å²) in [5.41, 5.74) is 1.59. The van der Waals surface area contributed by atoms with Crippen molar-refractivity contribution in [2.24, 2.45) is 0 Å². The Morgan fingerprint density at radius 2 is 1.79 bits per heavy atom. The molecule has 0 bridgehead atoms. The summed E-state index contributed by atoms with van der Waals surface area (Å²) in [6, 6.07) is 1.82. The van der Waals surface area contributed by atoms with E-state index in [1.165, 1.54) is 4.90 Å². The molecule has 1 N–H and O–H groups in total. The van der Waals surface area contributed by atoms with E-state index < -0.39 is 11.7 Å². The molecule has 2 amide bonds. The van der Waals surface area contributed by atoms with E-state index in [1.54, 1.807) is 34.0 Å². The maximum absolute atomic E-state index is 11.9. The topological polar surface area (TPSA) is 71.5 Å². The van der Waals surface area contributed by atoms with Gasteiger partial charge in [0.05, 0.1) is 0 Å². The minimum Gasteiger partial charge on any atom is -0.444 e. The maximum atomic E-state index is 11.9. The molecular weight excluding hydrogens is 306 g/mol. The molecule has 0 fully saturated rings. The Bertz CT molecular complexity index is 551. The Kier molecular flexibility index (Phi) is 9.03. The van der Waals surface area contributed by atoms with E-state index >= 15 is 0 Å². The summed E-state index contributed by atoms with van der Waals surface area (Å²) < 4.78 is 5.22. The summed E-state index contributed by atoms with van der Waals surface area (Å²) in [6.45, 7) is 13.6. The Labute approximate surface area is 145 Å². The van der Waals surface area contributed by atoms with Crippen molar-refractivity contribution in [3.05, 3.63) is 23.4 Å². The first-order valence-corrected chi connectivity index (χ1v) is 8.25. The summed E-state index contributed by atoms with van der Waals surface area (Å²) in [5.74, 6) is 0.333. The number of hydrogen-bond acceptors (Lipinski definition) is 4. The molecule has 0 aromatic carbocycles. The van der Waals surface area contributed by atoms with Gasteiger partial charge in [-0.1, -0.05) is 13.8 Å². The second kappa shape index (κ2) is 9.90. The van der Waals surface area contributed by atoms with Crippen LogP contribution in [0.1, 0.15) is 52.2 Å². The summed E-state index contributed by atoms with van der Waals surface area (Å²) in [5, 5.41) is 2.72. The van der Waals surface area contributed by atoms with Crippen LogP contribution >= 0.6 is 0 Å². The Hall–Kier alpha value is -2.11. The second-order valence-corrected chi connectivity index (χ2v) is 6.35. The van der Waals surface area contributed by atoms with Gasteiger partial charge in [-0.3, -0.25) is 4.79 Å². The Morgan fingerprint density at radius 1 is 1.21 bits per heavy atom. The zero-order chi connectivity index (χ0) is 18.9. The quantitative estimate of drug-likeness (QED) is 0.904. The minimum absolute atomic E-state index is 0.185. The van der Waals surface area contributed by atoms with Gasteiger partial charge in [0.2, 0.25) is 5.91 Å². The van der Waals surface area contributed by atoms with Gasteiger partial charge < -0.3 is 15.0 Å². The molecule has 0 atom stereocenters. The van der Waals surface area contributed by atoms with Gasteiger partial charge in [-0.05, 0) is 51.8 Å². The normalized spacial score (nSPS) is 10.3. The monoisotopic (exact) mass is 337 g/mol. The van der Waals surface area contributed by atoms with Crippen LogP contribution in [0.5, 0.6) is 0 Å². The molecule has 0 aliphatic carbocycles. The lowest BCUT2D eigenvalue weighted by Gasteiger charge is -2.24. The number of carbonyl (C=O) groups is 2.